The number of rotatable bonds is 6. The molecule has 0 saturated heterocycles. The Morgan fingerprint density at radius 1 is 0.931 bits per heavy atom. The van der Waals surface area contributed by atoms with E-state index in [0.717, 1.165) is 10.9 Å². The number of nitrogens with one attached hydrogen (secondary N) is 1. The first-order valence-electron chi connectivity index (χ1n) is 9.31. The van der Waals surface area contributed by atoms with Gasteiger partial charge in [-0.15, -0.1) is 0 Å². The summed E-state index contributed by atoms with van der Waals surface area (Å²) in [5.74, 6) is 0.390. The number of phenolic OH excluding ortho intramolecular Hbond substituents is 1. The second-order valence-corrected chi connectivity index (χ2v) is 6.59. The smallest absolute Gasteiger partial charge is 0.258 e. The maximum absolute atomic E-state index is 12.6. The highest BCUT2D eigenvalue weighted by molar-refractivity contribution is 5.86. The van der Waals surface area contributed by atoms with E-state index in [-0.39, 0.29) is 18.3 Å². The van der Waals surface area contributed by atoms with Crippen molar-refractivity contribution < 1.29 is 14.6 Å². The summed E-state index contributed by atoms with van der Waals surface area (Å²) in [6.45, 7) is -0.125. The number of carbonyl (C=O) groups excluding carboxylic acids is 1. The highest BCUT2D eigenvalue weighted by Crippen LogP contribution is 2.34. The van der Waals surface area contributed by atoms with Gasteiger partial charge in [-0.25, -0.2) is 0 Å². The number of hydrogen-bond donors (Lipinski definition) is 2. The Balaban J connectivity index is 1.62. The lowest BCUT2D eigenvalue weighted by Crippen LogP contribution is -2.33. The molecular formula is C24H20N2O3. The zero-order valence-electron chi connectivity index (χ0n) is 15.7. The summed E-state index contributed by atoms with van der Waals surface area (Å²) < 4.78 is 5.55. The van der Waals surface area contributed by atoms with Crippen molar-refractivity contribution in [1.82, 2.24) is 10.3 Å². The Morgan fingerprint density at radius 2 is 1.66 bits per heavy atom. The third-order valence-corrected chi connectivity index (χ3v) is 4.64. The average Bonchev–Trinajstić information content (AvgIpc) is 2.78. The van der Waals surface area contributed by atoms with E-state index in [1.54, 1.807) is 18.3 Å². The van der Waals surface area contributed by atoms with Gasteiger partial charge in [-0.05, 0) is 23.8 Å². The fraction of sp³-hybridized carbons (Fsp3) is 0.0833. The largest absolute Gasteiger partial charge is 0.505 e. The van der Waals surface area contributed by atoms with Gasteiger partial charge in [0.15, 0.2) is 6.61 Å². The monoisotopic (exact) mass is 384 g/mol. The quantitative estimate of drug-likeness (QED) is 0.522. The van der Waals surface area contributed by atoms with Crippen molar-refractivity contribution >= 4 is 16.8 Å². The minimum atomic E-state index is -0.533. The van der Waals surface area contributed by atoms with Crippen molar-refractivity contribution in [2.75, 3.05) is 6.61 Å². The number of fused-ring (bicyclic) bond motifs is 1. The number of phenols is 1. The van der Waals surface area contributed by atoms with Crippen LogP contribution in [0, 0.1) is 0 Å². The first-order valence-corrected chi connectivity index (χ1v) is 9.31. The van der Waals surface area contributed by atoms with Crippen LogP contribution in [0.15, 0.2) is 91.1 Å². The lowest BCUT2D eigenvalue weighted by Gasteiger charge is -2.21. The topological polar surface area (TPSA) is 71.5 Å². The Hall–Kier alpha value is -3.86. The molecule has 0 aliphatic carbocycles. The summed E-state index contributed by atoms with van der Waals surface area (Å²) in [5.41, 5.74) is 1.93. The molecule has 1 aromatic heterocycles. The molecule has 5 heteroatoms. The number of nitrogens with zero attached hydrogens (tertiary/aromatic N) is 1. The molecule has 4 aromatic rings. The summed E-state index contributed by atoms with van der Waals surface area (Å²) in [6, 6.07) is 25.6. The molecule has 5 nitrogen and oxygen atoms in total. The number of benzene rings is 3. The van der Waals surface area contributed by atoms with E-state index >= 15 is 0 Å². The average molecular weight is 384 g/mol. The molecule has 1 heterocycles. The standard InChI is InChI=1S/C24H20N2O3/c27-21(16-29-19-11-5-2-6-12-19)26-22(17-8-3-1-4-9-17)20-14-13-18-10-7-15-25-23(18)24(20)28/h1-15,22,28H,16H2,(H,26,27). The summed E-state index contributed by atoms with van der Waals surface area (Å²) in [4.78, 5) is 16.9. The van der Waals surface area contributed by atoms with Crippen molar-refractivity contribution in [2.45, 2.75) is 6.04 Å². The molecule has 0 saturated carbocycles. The second kappa shape index (κ2) is 8.44. The van der Waals surface area contributed by atoms with Gasteiger partial charge in [0.2, 0.25) is 0 Å². The van der Waals surface area contributed by atoms with Gasteiger partial charge in [-0.2, -0.15) is 0 Å². The fourth-order valence-electron chi connectivity index (χ4n) is 3.23. The molecule has 1 amide bonds. The van der Waals surface area contributed by atoms with Crippen LogP contribution in [0.5, 0.6) is 11.5 Å². The van der Waals surface area contributed by atoms with E-state index in [0.29, 0.717) is 16.8 Å². The van der Waals surface area contributed by atoms with Gasteiger partial charge < -0.3 is 15.2 Å². The molecule has 0 radical (unpaired) electrons. The van der Waals surface area contributed by atoms with Crippen LogP contribution in [-0.2, 0) is 4.79 Å². The van der Waals surface area contributed by atoms with Crippen molar-refractivity contribution in [3.63, 3.8) is 0 Å². The van der Waals surface area contributed by atoms with Crippen LogP contribution in [0.25, 0.3) is 10.9 Å². The number of carbonyl (C=O) groups is 1. The lowest BCUT2D eigenvalue weighted by atomic mass is 9.96. The third-order valence-electron chi connectivity index (χ3n) is 4.64. The van der Waals surface area contributed by atoms with Crippen LogP contribution in [0.1, 0.15) is 17.2 Å². The van der Waals surface area contributed by atoms with Crippen LogP contribution < -0.4 is 10.1 Å². The lowest BCUT2D eigenvalue weighted by molar-refractivity contribution is -0.123. The van der Waals surface area contributed by atoms with Gasteiger partial charge in [0.1, 0.15) is 17.0 Å². The van der Waals surface area contributed by atoms with E-state index in [2.05, 4.69) is 10.3 Å². The zero-order valence-corrected chi connectivity index (χ0v) is 15.7. The van der Waals surface area contributed by atoms with Gasteiger partial charge in [0.25, 0.3) is 5.91 Å². The Bertz CT molecular complexity index is 1110. The number of aromatic nitrogens is 1. The predicted molar refractivity (Wildman–Crippen MR) is 112 cm³/mol. The van der Waals surface area contributed by atoms with Gasteiger partial charge in [-0.1, -0.05) is 66.7 Å². The van der Waals surface area contributed by atoms with E-state index in [4.69, 9.17) is 4.74 Å². The Morgan fingerprint density at radius 3 is 2.41 bits per heavy atom. The van der Waals surface area contributed by atoms with E-state index in [1.165, 1.54) is 0 Å². The zero-order chi connectivity index (χ0) is 20.1. The normalized spacial score (nSPS) is 11.7. The molecule has 144 valence electrons. The van der Waals surface area contributed by atoms with E-state index in [9.17, 15) is 9.90 Å². The highest BCUT2D eigenvalue weighted by Gasteiger charge is 2.22. The summed E-state index contributed by atoms with van der Waals surface area (Å²) in [6.07, 6.45) is 1.63. The summed E-state index contributed by atoms with van der Waals surface area (Å²) in [7, 11) is 0. The van der Waals surface area contributed by atoms with Crippen molar-refractivity contribution in [3.8, 4) is 11.5 Å². The molecule has 2 N–H and O–H groups in total. The minimum absolute atomic E-state index is 0.0567. The molecule has 0 spiro atoms. The number of hydrogen-bond acceptors (Lipinski definition) is 4. The van der Waals surface area contributed by atoms with Gasteiger partial charge in [0.05, 0.1) is 6.04 Å². The number of aromatic hydroxyl groups is 1. The maximum Gasteiger partial charge on any atom is 0.258 e. The van der Waals surface area contributed by atoms with Crippen molar-refractivity contribution in [3.05, 3.63) is 102 Å². The molecule has 0 fully saturated rings. The van der Waals surface area contributed by atoms with Crippen LogP contribution in [0.2, 0.25) is 0 Å². The van der Waals surface area contributed by atoms with Crippen molar-refractivity contribution in [2.24, 2.45) is 0 Å². The first-order chi connectivity index (χ1) is 14.2. The third kappa shape index (κ3) is 4.19. The Labute approximate surface area is 168 Å². The summed E-state index contributed by atoms with van der Waals surface area (Å²) >= 11 is 0. The highest BCUT2D eigenvalue weighted by atomic mass is 16.5. The van der Waals surface area contributed by atoms with Gasteiger partial charge in [-0.3, -0.25) is 9.78 Å². The number of ether oxygens (including phenoxy) is 1. The fourth-order valence-corrected chi connectivity index (χ4v) is 3.23. The summed E-state index contributed by atoms with van der Waals surface area (Å²) in [5, 5.41) is 14.7. The van der Waals surface area contributed by atoms with Crippen LogP contribution in [0.4, 0.5) is 0 Å². The van der Waals surface area contributed by atoms with E-state index in [1.807, 2.05) is 72.8 Å². The molecule has 1 atom stereocenters. The molecular weight excluding hydrogens is 364 g/mol. The molecule has 4 rings (SSSR count). The van der Waals surface area contributed by atoms with Gasteiger partial charge in [0, 0.05) is 17.1 Å². The van der Waals surface area contributed by atoms with Crippen LogP contribution in [-0.4, -0.2) is 22.6 Å². The molecule has 1 unspecified atom stereocenters. The molecule has 0 aliphatic rings. The molecule has 3 aromatic carbocycles. The molecule has 29 heavy (non-hydrogen) atoms. The van der Waals surface area contributed by atoms with Crippen LogP contribution in [0.3, 0.4) is 0 Å². The predicted octanol–water partition coefficient (Wildman–Crippen LogP) is 4.23. The van der Waals surface area contributed by atoms with E-state index < -0.39 is 6.04 Å². The molecule has 0 aliphatic heterocycles. The first kappa shape index (κ1) is 18.5. The second-order valence-electron chi connectivity index (χ2n) is 6.59. The molecule has 0 bridgehead atoms. The SMILES string of the molecule is O=C(COc1ccccc1)NC(c1ccccc1)c1ccc2cccnc2c1O. The van der Waals surface area contributed by atoms with Crippen LogP contribution >= 0.6 is 0 Å². The number of pyridine rings is 1. The maximum atomic E-state index is 12.6. The van der Waals surface area contributed by atoms with Gasteiger partial charge >= 0.3 is 0 Å². The van der Waals surface area contributed by atoms with Crippen molar-refractivity contribution in [1.29, 1.82) is 0 Å². The minimum Gasteiger partial charge on any atom is -0.505 e. The Kier molecular flexibility index (Phi) is 5.38. The number of para-hydroxylation sites is 1. The number of amides is 1.